The second-order valence-corrected chi connectivity index (χ2v) is 4.34. The number of hydrogen-bond acceptors (Lipinski definition) is 4. The first-order valence-electron chi connectivity index (χ1n) is 5.82. The number of rotatable bonds is 3. The molecule has 1 aliphatic heterocycles. The zero-order valence-electron chi connectivity index (χ0n) is 9.87. The molecule has 0 radical (unpaired) electrons. The third-order valence-electron chi connectivity index (χ3n) is 3.21. The molecule has 2 heterocycles. The molecule has 0 aromatic carbocycles. The Kier molecular flexibility index (Phi) is 3.45. The van der Waals surface area contributed by atoms with Crippen molar-refractivity contribution in [1.29, 1.82) is 0 Å². The highest BCUT2D eigenvalue weighted by Crippen LogP contribution is 2.24. The summed E-state index contributed by atoms with van der Waals surface area (Å²) in [4.78, 5) is 28.2. The zero-order valence-corrected chi connectivity index (χ0v) is 9.87. The van der Waals surface area contributed by atoms with Crippen LogP contribution >= 0.6 is 0 Å². The lowest BCUT2D eigenvalue weighted by Crippen LogP contribution is -2.39. The molecule has 1 aromatic rings. The van der Waals surface area contributed by atoms with E-state index in [1.165, 1.54) is 6.07 Å². The van der Waals surface area contributed by atoms with E-state index in [2.05, 4.69) is 4.98 Å². The quantitative estimate of drug-likeness (QED) is 0.812. The summed E-state index contributed by atoms with van der Waals surface area (Å²) in [6.07, 6.45) is 2.86. The molecule has 6 heteroatoms. The van der Waals surface area contributed by atoms with Gasteiger partial charge < -0.3 is 15.7 Å². The molecule has 2 rings (SSSR count). The largest absolute Gasteiger partial charge is 0.478 e. The number of anilines is 1. The number of aromatic nitrogens is 1. The molecule has 0 bridgehead atoms. The number of amides is 1. The Bertz CT molecular complexity index is 467. The normalized spacial score (nSPS) is 16.6. The van der Waals surface area contributed by atoms with Crippen LogP contribution in [-0.2, 0) is 4.79 Å². The third-order valence-corrected chi connectivity index (χ3v) is 3.21. The lowest BCUT2D eigenvalue weighted by Gasteiger charge is -2.32. The number of nitrogens with two attached hydrogens (primary N) is 1. The van der Waals surface area contributed by atoms with Crippen LogP contribution in [0.5, 0.6) is 0 Å². The van der Waals surface area contributed by atoms with Gasteiger partial charge in [-0.2, -0.15) is 0 Å². The summed E-state index contributed by atoms with van der Waals surface area (Å²) in [7, 11) is 0. The van der Waals surface area contributed by atoms with E-state index in [4.69, 9.17) is 10.8 Å². The molecule has 3 N–H and O–H groups in total. The molecule has 1 fully saturated rings. The van der Waals surface area contributed by atoms with Gasteiger partial charge in [0.05, 0.1) is 0 Å². The van der Waals surface area contributed by atoms with Crippen molar-refractivity contribution >= 4 is 17.7 Å². The first-order valence-corrected chi connectivity index (χ1v) is 5.82. The summed E-state index contributed by atoms with van der Waals surface area (Å²) in [5, 5.41) is 9.10. The first kappa shape index (κ1) is 12.3. The van der Waals surface area contributed by atoms with Crippen molar-refractivity contribution in [2.24, 2.45) is 11.7 Å². The number of carboxylic acids is 1. The van der Waals surface area contributed by atoms with Crippen LogP contribution in [0, 0.1) is 5.92 Å². The number of carboxylic acid groups (broad SMARTS) is 1. The molecular formula is C12H15N3O3. The van der Waals surface area contributed by atoms with Crippen molar-refractivity contribution in [3.63, 3.8) is 0 Å². The third kappa shape index (κ3) is 2.42. The van der Waals surface area contributed by atoms with E-state index >= 15 is 0 Å². The van der Waals surface area contributed by atoms with Crippen LogP contribution in [0.25, 0.3) is 0 Å². The van der Waals surface area contributed by atoms with Crippen molar-refractivity contribution in [2.75, 3.05) is 18.0 Å². The molecule has 1 amide bonds. The van der Waals surface area contributed by atoms with E-state index in [0.29, 0.717) is 31.7 Å². The molecular weight excluding hydrogens is 234 g/mol. The highest BCUT2D eigenvalue weighted by atomic mass is 16.4. The van der Waals surface area contributed by atoms with Crippen molar-refractivity contribution in [3.05, 3.63) is 23.9 Å². The number of primary amides is 1. The Morgan fingerprint density at radius 2 is 2.06 bits per heavy atom. The maximum atomic E-state index is 11.1. The number of nitrogens with zero attached hydrogens (tertiary/aromatic N) is 2. The van der Waals surface area contributed by atoms with Crippen molar-refractivity contribution in [2.45, 2.75) is 12.8 Å². The maximum absolute atomic E-state index is 11.1. The fourth-order valence-corrected chi connectivity index (χ4v) is 2.19. The Hall–Kier alpha value is -2.11. The molecule has 0 aliphatic carbocycles. The van der Waals surface area contributed by atoms with Crippen molar-refractivity contribution in [1.82, 2.24) is 4.98 Å². The van der Waals surface area contributed by atoms with Gasteiger partial charge in [-0.05, 0) is 25.0 Å². The van der Waals surface area contributed by atoms with Crippen LogP contribution in [0.3, 0.4) is 0 Å². The summed E-state index contributed by atoms with van der Waals surface area (Å²) in [5.41, 5.74) is 5.45. The van der Waals surface area contributed by atoms with Gasteiger partial charge in [-0.15, -0.1) is 0 Å². The number of carbonyl (C=O) groups is 2. The Labute approximate surface area is 104 Å². The number of pyridine rings is 1. The van der Waals surface area contributed by atoms with Gasteiger partial charge in [0.25, 0.3) is 0 Å². The number of hydrogen-bond donors (Lipinski definition) is 2. The summed E-state index contributed by atoms with van der Waals surface area (Å²) in [6.45, 7) is 1.20. The average molecular weight is 249 g/mol. The van der Waals surface area contributed by atoms with E-state index in [1.54, 1.807) is 12.3 Å². The molecule has 1 aromatic heterocycles. The summed E-state index contributed by atoms with van der Waals surface area (Å²) < 4.78 is 0. The van der Waals surface area contributed by atoms with E-state index in [9.17, 15) is 9.59 Å². The number of piperidine rings is 1. The van der Waals surface area contributed by atoms with Gasteiger partial charge in [0.15, 0.2) is 0 Å². The molecule has 96 valence electrons. The summed E-state index contributed by atoms with van der Waals surface area (Å²) in [6, 6.07) is 3.13. The van der Waals surface area contributed by atoms with Gasteiger partial charge >= 0.3 is 5.97 Å². The first-order chi connectivity index (χ1) is 8.59. The van der Waals surface area contributed by atoms with Crippen LogP contribution in [0.4, 0.5) is 5.82 Å². The second-order valence-electron chi connectivity index (χ2n) is 4.34. The minimum atomic E-state index is -0.991. The minimum Gasteiger partial charge on any atom is -0.478 e. The molecule has 1 saturated heterocycles. The molecule has 6 nitrogen and oxygen atoms in total. The standard InChI is InChI=1S/C12H15N3O3/c13-10(16)8-3-6-15(7-4-8)11-9(12(17)18)2-1-5-14-11/h1-2,5,8H,3-4,6-7H2,(H2,13,16)(H,17,18). The minimum absolute atomic E-state index is 0.113. The van der Waals surface area contributed by atoms with Gasteiger partial charge in [-0.1, -0.05) is 0 Å². The van der Waals surface area contributed by atoms with Gasteiger partial charge in [0.2, 0.25) is 5.91 Å². The smallest absolute Gasteiger partial charge is 0.339 e. The molecule has 0 saturated carbocycles. The van der Waals surface area contributed by atoms with E-state index in [-0.39, 0.29) is 17.4 Å². The molecule has 0 atom stereocenters. The second kappa shape index (κ2) is 5.03. The van der Waals surface area contributed by atoms with Crippen molar-refractivity contribution in [3.8, 4) is 0 Å². The molecule has 0 unspecified atom stereocenters. The van der Waals surface area contributed by atoms with Gasteiger partial charge in [-0.3, -0.25) is 4.79 Å². The SMILES string of the molecule is NC(=O)C1CCN(c2ncccc2C(=O)O)CC1. The molecule has 0 spiro atoms. The Morgan fingerprint density at radius 3 is 2.61 bits per heavy atom. The lowest BCUT2D eigenvalue weighted by atomic mass is 9.96. The van der Waals surface area contributed by atoms with Crippen LogP contribution < -0.4 is 10.6 Å². The zero-order chi connectivity index (χ0) is 13.1. The topological polar surface area (TPSA) is 96.5 Å². The fourth-order valence-electron chi connectivity index (χ4n) is 2.19. The number of carbonyl (C=O) groups excluding carboxylic acids is 1. The Balaban J connectivity index is 2.15. The van der Waals surface area contributed by atoms with Crippen LogP contribution in [0.2, 0.25) is 0 Å². The highest BCUT2D eigenvalue weighted by molar-refractivity contribution is 5.93. The summed E-state index contributed by atoms with van der Waals surface area (Å²) in [5.74, 6) is -0.921. The van der Waals surface area contributed by atoms with Crippen molar-refractivity contribution < 1.29 is 14.7 Å². The van der Waals surface area contributed by atoms with Gasteiger partial charge in [-0.25, -0.2) is 9.78 Å². The Morgan fingerprint density at radius 1 is 1.39 bits per heavy atom. The van der Waals surface area contributed by atoms with Crippen LogP contribution in [0.1, 0.15) is 23.2 Å². The van der Waals surface area contributed by atoms with Crippen LogP contribution in [-0.4, -0.2) is 35.1 Å². The van der Waals surface area contributed by atoms with E-state index in [0.717, 1.165) is 0 Å². The predicted molar refractivity (Wildman–Crippen MR) is 65.3 cm³/mol. The van der Waals surface area contributed by atoms with Gasteiger partial charge in [0.1, 0.15) is 11.4 Å². The molecule has 1 aliphatic rings. The lowest BCUT2D eigenvalue weighted by molar-refractivity contribution is -0.122. The predicted octanol–water partition coefficient (Wildman–Crippen LogP) is 0.481. The van der Waals surface area contributed by atoms with Crippen LogP contribution in [0.15, 0.2) is 18.3 Å². The average Bonchev–Trinajstić information content (AvgIpc) is 2.39. The van der Waals surface area contributed by atoms with E-state index in [1.807, 2.05) is 4.90 Å². The maximum Gasteiger partial charge on any atom is 0.339 e. The highest BCUT2D eigenvalue weighted by Gasteiger charge is 2.26. The summed E-state index contributed by atoms with van der Waals surface area (Å²) >= 11 is 0. The number of aromatic carboxylic acids is 1. The molecule has 18 heavy (non-hydrogen) atoms. The van der Waals surface area contributed by atoms with Gasteiger partial charge in [0, 0.05) is 25.2 Å². The van der Waals surface area contributed by atoms with E-state index < -0.39 is 5.97 Å². The monoisotopic (exact) mass is 249 g/mol. The fraction of sp³-hybridized carbons (Fsp3) is 0.417.